The van der Waals surface area contributed by atoms with Crippen molar-refractivity contribution >= 4 is 18.0 Å². The van der Waals surface area contributed by atoms with Gasteiger partial charge in [-0.15, -0.1) is 6.58 Å². The summed E-state index contributed by atoms with van der Waals surface area (Å²) in [4.78, 5) is 35.0. The molecule has 2 amide bonds. The van der Waals surface area contributed by atoms with Crippen molar-refractivity contribution in [3.05, 3.63) is 48.0 Å². The predicted molar refractivity (Wildman–Crippen MR) is 88.0 cm³/mol. The molecule has 7 heteroatoms. The first-order valence-corrected chi connectivity index (χ1v) is 7.38. The van der Waals surface area contributed by atoms with Crippen molar-refractivity contribution < 1.29 is 23.9 Å². The SMILES string of the molecule is C=C(C)C[C@@H](NC(=O)CNC(=O)OCc1ccccc1)C(=O)OC. The van der Waals surface area contributed by atoms with Crippen molar-refractivity contribution in [1.29, 1.82) is 0 Å². The largest absolute Gasteiger partial charge is 0.467 e. The van der Waals surface area contributed by atoms with Crippen LogP contribution in [-0.4, -0.2) is 37.7 Å². The summed E-state index contributed by atoms with van der Waals surface area (Å²) >= 11 is 0. The molecule has 0 aromatic heterocycles. The van der Waals surface area contributed by atoms with Crippen LogP contribution < -0.4 is 10.6 Å². The lowest BCUT2D eigenvalue weighted by atomic mass is 10.1. The van der Waals surface area contributed by atoms with Gasteiger partial charge in [0.2, 0.25) is 5.91 Å². The van der Waals surface area contributed by atoms with Gasteiger partial charge in [-0.1, -0.05) is 35.9 Å². The molecule has 0 aliphatic rings. The molecule has 1 atom stereocenters. The summed E-state index contributed by atoms with van der Waals surface area (Å²) < 4.78 is 9.60. The van der Waals surface area contributed by atoms with E-state index < -0.39 is 24.0 Å². The molecule has 1 aromatic carbocycles. The van der Waals surface area contributed by atoms with E-state index in [2.05, 4.69) is 21.9 Å². The Bertz CT molecular complexity index is 586. The Morgan fingerprint density at radius 1 is 1.21 bits per heavy atom. The molecule has 24 heavy (non-hydrogen) atoms. The zero-order chi connectivity index (χ0) is 17.9. The number of carbonyl (C=O) groups excluding carboxylic acids is 3. The normalized spacial score (nSPS) is 11.1. The van der Waals surface area contributed by atoms with Crippen LogP contribution in [0.4, 0.5) is 4.79 Å². The van der Waals surface area contributed by atoms with Gasteiger partial charge in [0.25, 0.3) is 0 Å². The third-order valence-electron chi connectivity index (χ3n) is 2.98. The number of amides is 2. The Morgan fingerprint density at radius 2 is 1.88 bits per heavy atom. The van der Waals surface area contributed by atoms with Crippen LogP contribution in [0.1, 0.15) is 18.9 Å². The Labute approximate surface area is 141 Å². The Hall–Kier alpha value is -2.83. The first kappa shape index (κ1) is 19.2. The van der Waals surface area contributed by atoms with Gasteiger partial charge in [-0.25, -0.2) is 9.59 Å². The number of benzene rings is 1. The molecular weight excluding hydrogens is 312 g/mol. The van der Waals surface area contributed by atoms with E-state index in [9.17, 15) is 14.4 Å². The van der Waals surface area contributed by atoms with Crippen molar-refractivity contribution in [3.8, 4) is 0 Å². The third kappa shape index (κ3) is 7.44. The Morgan fingerprint density at radius 3 is 2.46 bits per heavy atom. The summed E-state index contributed by atoms with van der Waals surface area (Å²) in [5.41, 5.74) is 1.56. The molecule has 0 unspecified atom stereocenters. The van der Waals surface area contributed by atoms with Crippen LogP contribution in [0.3, 0.4) is 0 Å². The van der Waals surface area contributed by atoms with Crippen molar-refractivity contribution in [1.82, 2.24) is 10.6 Å². The minimum absolute atomic E-state index is 0.106. The van der Waals surface area contributed by atoms with Crippen LogP contribution in [0.15, 0.2) is 42.5 Å². The van der Waals surface area contributed by atoms with Crippen molar-refractivity contribution in [2.75, 3.05) is 13.7 Å². The van der Waals surface area contributed by atoms with Crippen LogP contribution in [-0.2, 0) is 25.7 Å². The molecule has 0 radical (unpaired) electrons. The predicted octanol–water partition coefficient (Wildman–Crippen LogP) is 1.54. The smallest absolute Gasteiger partial charge is 0.407 e. The van der Waals surface area contributed by atoms with E-state index in [-0.39, 0.29) is 19.6 Å². The van der Waals surface area contributed by atoms with E-state index in [1.54, 1.807) is 6.92 Å². The number of nitrogens with one attached hydrogen (secondary N) is 2. The van der Waals surface area contributed by atoms with Gasteiger partial charge in [-0.2, -0.15) is 0 Å². The van der Waals surface area contributed by atoms with Crippen LogP contribution in [0, 0.1) is 0 Å². The van der Waals surface area contributed by atoms with Crippen molar-refractivity contribution in [3.63, 3.8) is 0 Å². The van der Waals surface area contributed by atoms with E-state index in [0.717, 1.165) is 11.1 Å². The second-order valence-corrected chi connectivity index (χ2v) is 5.22. The maximum absolute atomic E-state index is 11.8. The molecule has 0 fully saturated rings. The summed E-state index contributed by atoms with van der Waals surface area (Å²) in [6.45, 7) is 5.23. The fourth-order valence-electron chi connectivity index (χ4n) is 1.86. The second kappa shape index (κ2) is 10.0. The van der Waals surface area contributed by atoms with E-state index in [0.29, 0.717) is 0 Å². The lowest BCUT2D eigenvalue weighted by molar-refractivity contribution is -0.144. The Kier molecular flexibility index (Phi) is 8.04. The molecule has 130 valence electrons. The lowest BCUT2D eigenvalue weighted by Crippen LogP contribution is -2.46. The van der Waals surface area contributed by atoms with Gasteiger partial charge < -0.3 is 20.1 Å². The molecule has 0 aliphatic carbocycles. The highest BCUT2D eigenvalue weighted by Crippen LogP contribution is 2.04. The molecule has 0 saturated heterocycles. The van der Waals surface area contributed by atoms with Gasteiger partial charge in [0.05, 0.1) is 7.11 Å². The summed E-state index contributed by atoms with van der Waals surface area (Å²) in [7, 11) is 1.24. The van der Waals surface area contributed by atoms with Gasteiger partial charge in [-0.3, -0.25) is 4.79 Å². The third-order valence-corrected chi connectivity index (χ3v) is 2.98. The van der Waals surface area contributed by atoms with E-state index in [1.807, 2.05) is 30.3 Å². The van der Waals surface area contributed by atoms with E-state index in [1.165, 1.54) is 7.11 Å². The monoisotopic (exact) mass is 334 g/mol. The van der Waals surface area contributed by atoms with Gasteiger partial charge in [0.1, 0.15) is 19.2 Å². The summed E-state index contributed by atoms with van der Waals surface area (Å²) in [5, 5.41) is 4.80. The van der Waals surface area contributed by atoms with Gasteiger partial charge in [0.15, 0.2) is 0 Å². The van der Waals surface area contributed by atoms with Crippen LogP contribution >= 0.6 is 0 Å². The van der Waals surface area contributed by atoms with Crippen LogP contribution in [0.5, 0.6) is 0 Å². The topological polar surface area (TPSA) is 93.7 Å². The maximum atomic E-state index is 11.8. The molecule has 0 spiro atoms. The minimum Gasteiger partial charge on any atom is -0.467 e. The average molecular weight is 334 g/mol. The van der Waals surface area contributed by atoms with Crippen LogP contribution in [0.25, 0.3) is 0 Å². The summed E-state index contributed by atoms with van der Waals surface area (Å²) in [6, 6.07) is 8.33. The Balaban J connectivity index is 2.36. The molecular formula is C17H22N2O5. The molecule has 0 aliphatic heterocycles. The highest BCUT2D eigenvalue weighted by molar-refractivity contribution is 5.87. The highest BCUT2D eigenvalue weighted by Gasteiger charge is 2.21. The number of ether oxygens (including phenoxy) is 2. The highest BCUT2D eigenvalue weighted by atomic mass is 16.5. The summed E-state index contributed by atoms with van der Waals surface area (Å²) in [6.07, 6.45) is -0.458. The molecule has 0 saturated carbocycles. The zero-order valence-corrected chi connectivity index (χ0v) is 13.8. The molecule has 1 rings (SSSR count). The first-order chi connectivity index (χ1) is 11.4. The molecule has 2 N–H and O–H groups in total. The number of hydrogen-bond acceptors (Lipinski definition) is 5. The molecule has 0 heterocycles. The molecule has 0 bridgehead atoms. The standard InChI is InChI=1S/C17H22N2O5/c1-12(2)9-14(16(21)23-3)19-15(20)10-18-17(22)24-11-13-7-5-4-6-8-13/h4-8,14H,1,9-11H2,2-3H3,(H,18,22)(H,19,20)/t14-/m1/s1. The lowest BCUT2D eigenvalue weighted by Gasteiger charge is -2.16. The van der Waals surface area contributed by atoms with E-state index >= 15 is 0 Å². The molecule has 1 aromatic rings. The number of alkyl carbamates (subject to hydrolysis) is 1. The summed E-state index contributed by atoms with van der Waals surface area (Å²) in [5.74, 6) is -1.10. The number of carbonyl (C=O) groups is 3. The average Bonchev–Trinajstić information content (AvgIpc) is 2.57. The fraction of sp³-hybridized carbons (Fsp3) is 0.353. The number of hydrogen-bond donors (Lipinski definition) is 2. The maximum Gasteiger partial charge on any atom is 0.407 e. The van der Waals surface area contributed by atoms with Crippen molar-refractivity contribution in [2.24, 2.45) is 0 Å². The second-order valence-electron chi connectivity index (χ2n) is 5.22. The number of esters is 1. The van der Waals surface area contributed by atoms with Gasteiger partial charge in [0, 0.05) is 0 Å². The minimum atomic E-state index is -0.831. The number of methoxy groups -OCH3 is 1. The quantitative estimate of drug-likeness (QED) is 0.555. The number of rotatable bonds is 8. The first-order valence-electron chi connectivity index (χ1n) is 7.38. The van der Waals surface area contributed by atoms with Gasteiger partial charge in [-0.05, 0) is 18.9 Å². The van der Waals surface area contributed by atoms with Gasteiger partial charge >= 0.3 is 12.1 Å². The van der Waals surface area contributed by atoms with Crippen LogP contribution in [0.2, 0.25) is 0 Å². The fourth-order valence-corrected chi connectivity index (χ4v) is 1.86. The molecule has 7 nitrogen and oxygen atoms in total. The van der Waals surface area contributed by atoms with Crippen molar-refractivity contribution in [2.45, 2.75) is 26.0 Å². The zero-order valence-electron chi connectivity index (χ0n) is 13.8. The van der Waals surface area contributed by atoms with E-state index in [4.69, 9.17) is 4.74 Å².